The number of nitrogens with one attached hydrogen (secondary N) is 1. The molecule has 5 rings (SSSR count). The lowest BCUT2D eigenvalue weighted by molar-refractivity contribution is 0.0947. The molecule has 162 valence electrons. The normalized spacial score (nSPS) is 13.3. The quantitative estimate of drug-likeness (QED) is 0.456. The average Bonchev–Trinajstić information content (AvgIpc) is 3.35. The second-order valence-electron chi connectivity index (χ2n) is 7.87. The summed E-state index contributed by atoms with van der Waals surface area (Å²) in [6, 6.07) is 15.3. The number of carbonyl (C=O) groups is 1. The van der Waals surface area contributed by atoms with Crippen LogP contribution in [0.3, 0.4) is 0 Å². The van der Waals surface area contributed by atoms with Gasteiger partial charge in [-0.15, -0.1) is 5.10 Å². The van der Waals surface area contributed by atoms with Gasteiger partial charge in [0.25, 0.3) is 5.91 Å². The fourth-order valence-electron chi connectivity index (χ4n) is 3.52. The molecular weight excluding hydrogens is 428 g/mol. The highest BCUT2D eigenvalue weighted by molar-refractivity contribution is 6.30. The Morgan fingerprint density at radius 2 is 2.03 bits per heavy atom. The smallest absolute Gasteiger partial charge is 0.273 e. The van der Waals surface area contributed by atoms with Crippen molar-refractivity contribution < 1.29 is 9.32 Å². The van der Waals surface area contributed by atoms with Gasteiger partial charge >= 0.3 is 0 Å². The zero-order chi connectivity index (χ0) is 22.1. The number of aromatic nitrogens is 5. The third kappa shape index (κ3) is 4.27. The number of carbonyl (C=O) groups excluding carboxylic acids is 1. The molecule has 1 aliphatic rings. The number of aryl methyl sites for hydroxylation is 1. The van der Waals surface area contributed by atoms with Gasteiger partial charge in [-0.25, -0.2) is 4.68 Å². The number of nitrogens with zero attached hydrogens (tertiary/aromatic N) is 5. The van der Waals surface area contributed by atoms with Crippen molar-refractivity contribution in [3.05, 3.63) is 76.4 Å². The highest BCUT2D eigenvalue weighted by Gasteiger charge is 2.34. The van der Waals surface area contributed by atoms with Crippen LogP contribution in [0.1, 0.15) is 46.4 Å². The van der Waals surface area contributed by atoms with Gasteiger partial charge in [0.05, 0.1) is 11.4 Å². The summed E-state index contributed by atoms with van der Waals surface area (Å²) < 4.78 is 7.08. The van der Waals surface area contributed by atoms with Gasteiger partial charge in [0, 0.05) is 29.5 Å². The van der Waals surface area contributed by atoms with Crippen LogP contribution >= 0.6 is 11.6 Å². The summed E-state index contributed by atoms with van der Waals surface area (Å²) in [4.78, 5) is 17.2. The molecule has 0 radical (unpaired) electrons. The van der Waals surface area contributed by atoms with Crippen LogP contribution in [0.4, 0.5) is 0 Å². The standard InChI is InChI=1S/C23H21ClN6O2/c1-14-5-9-18(10-6-14)30-21(15-7-8-15)20(27-29-30)23(31)25-12-11-19-26-22(28-32-19)16-3-2-4-17(24)13-16/h2-6,9-10,13,15H,7-8,11-12H2,1H3,(H,25,31). The topological polar surface area (TPSA) is 98.7 Å². The molecule has 0 bridgehead atoms. The number of hydrogen-bond acceptors (Lipinski definition) is 6. The maximum atomic E-state index is 12.8. The number of amides is 1. The van der Waals surface area contributed by atoms with Crippen molar-refractivity contribution >= 4 is 17.5 Å². The van der Waals surface area contributed by atoms with Crippen LogP contribution in [0.5, 0.6) is 0 Å². The zero-order valence-electron chi connectivity index (χ0n) is 17.5. The molecule has 32 heavy (non-hydrogen) atoms. The van der Waals surface area contributed by atoms with Gasteiger partial charge in [-0.3, -0.25) is 4.79 Å². The minimum absolute atomic E-state index is 0.250. The Hall–Kier alpha value is -3.52. The number of benzene rings is 2. The van der Waals surface area contributed by atoms with E-state index >= 15 is 0 Å². The monoisotopic (exact) mass is 448 g/mol. The van der Waals surface area contributed by atoms with Gasteiger partial charge in [-0.05, 0) is 44.0 Å². The summed E-state index contributed by atoms with van der Waals surface area (Å²) >= 11 is 6.02. The molecule has 1 N–H and O–H groups in total. The minimum atomic E-state index is -0.250. The third-order valence-electron chi connectivity index (χ3n) is 5.34. The lowest BCUT2D eigenvalue weighted by atomic mass is 10.2. The van der Waals surface area contributed by atoms with E-state index in [9.17, 15) is 4.79 Å². The van der Waals surface area contributed by atoms with E-state index in [4.69, 9.17) is 16.1 Å². The van der Waals surface area contributed by atoms with Crippen LogP contribution in [0, 0.1) is 6.92 Å². The van der Waals surface area contributed by atoms with E-state index in [1.807, 2.05) is 43.3 Å². The number of hydrogen-bond donors (Lipinski definition) is 1. The van der Waals surface area contributed by atoms with Gasteiger partial charge in [0.15, 0.2) is 5.69 Å². The first-order chi connectivity index (χ1) is 15.6. The molecule has 1 aliphatic carbocycles. The van der Waals surface area contributed by atoms with Crippen molar-refractivity contribution in [1.29, 1.82) is 0 Å². The van der Waals surface area contributed by atoms with Crippen molar-refractivity contribution in [3.63, 3.8) is 0 Å². The van der Waals surface area contributed by atoms with Gasteiger partial charge < -0.3 is 9.84 Å². The van der Waals surface area contributed by atoms with E-state index in [1.165, 1.54) is 5.56 Å². The van der Waals surface area contributed by atoms with E-state index in [1.54, 1.807) is 16.8 Å². The molecule has 2 aromatic heterocycles. The average molecular weight is 449 g/mol. The number of halogens is 1. The second-order valence-corrected chi connectivity index (χ2v) is 8.31. The Balaban J connectivity index is 1.26. The molecule has 1 amide bonds. The largest absolute Gasteiger partial charge is 0.350 e. The molecule has 4 aromatic rings. The minimum Gasteiger partial charge on any atom is -0.350 e. The number of rotatable bonds is 7. The fourth-order valence-corrected chi connectivity index (χ4v) is 3.71. The van der Waals surface area contributed by atoms with Gasteiger partial charge in [-0.1, -0.05) is 51.8 Å². The Kier molecular flexibility index (Phi) is 5.45. The maximum absolute atomic E-state index is 12.8. The lowest BCUT2D eigenvalue weighted by Gasteiger charge is -2.07. The van der Waals surface area contributed by atoms with E-state index < -0.39 is 0 Å². The molecule has 1 fully saturated rings. The van der Waals surface area contributed by atoms with E-state index in [0.29, 0.717) is 41.3 Å². The SMILES string of the molecule is Cc1ccc(-n2nnc(C(=O)NCCc3nc(-c4cccc(Cl)c4)no3)c2C2CC2)cc1. The van der Waals surface area contributed by atoms with Crippen molar-refractivity contribution in [1.82, 2.24) is 30.5 Å². The predicted octanol–water partition coefficient (Wildman–Crippen LogP) is 4.13. The zero-order valence-corrected chi connectivity index (χ0v) is 18.2. The van der Waals surface area contributed by atoms with E-state index in [-0.39, 0.29) is 5.91 Å². The van der Waals surface area contributed by atoms with Crippen molar-refractivity contribution in [2.75, 3.05) is 6.54 Å². The molecule has 8 nitrogen and oxygen atoms in total. The Bertz CT molecular complexity index is 1260. The molecule has 9 heteroatoms. The van der Waals surface area contributed by atoms with Crippen molar-refractivity contribution in [3.8, 4) is 17.1 Å². The molecule has 0 atom stereocenters. The summed E-state index contributed by atoms with van der Waals surface area (Å²) in [5, 5.41) is 15.9. The summed E-state index contributed by atoms with van der Waals surface area (Å²) in [5.41, 5.74) is 4.09. The van der Waals surface area contributed by atoms with Crippen LogP contribution < -0.4 is 5.32 Å². The van der Waals surface area contributed by atoms with Gasteiger partial charge in [0.1, 0.15) is 0 Å². The fraction of sp³-hybridized carbons (Fsp3) is 0.261. The third-order valence-corrected chi connectivity index (χ3v) is 5.57. The summed E-state index contributed by atoms with van der Waals surface area (Å²) in [6.07, 6.45) is 2.48. The van der Waals surface area contributed by atoms with E-state index in [2.05, 4.69) is 25.8 Å². The Morgan fingerprint density at radius 3 is 2.78 bits per heavy atom. The molecule has 0 saturated heterocycles. The molecule has 2 heterocycles. The van der Waals surface area contributed by atoms with E-state index in [0.717, 1.165) is 29.8 Å². The van der Waals surface area contributed by atoms with Crippen LogP contribution in [0.15, 0.2) is 53.1 Å². The molecule has 1 saturated carbocycles. The molecule has 2 aromatic carbocycles. The first-order valence-electron chi connectivity index (χ1n) is 10.5. The lowest BCUT2D eigenvalue weighted by Crippen LogP contribution is -2.27. The van der Waals surface area contributed by atoms with Crippen LogP contribution in [-0.2, 0) is 6.42 Å². The summed E-state index contributed by atoms with van der Waals surface area (Å²) in [6.45, 7) is 2.38. The highest BCUT2D eigenvalue weighted by atomic mass is 35.5. The van der Waals surface area contributed by atoms with Crippen molar-refractivity contribution in [2.24, 2.45) is 0 Å². The Labute approximate surface area is 189 Å². The first-order valence-corrected chi connectivity index (χ1v) is 10.9. The van der Waals surface area contributed by atoms with Gasteiger partial charge in [0.2, 0.25) is 11.7 Å². The van der Waals surface area contributed by atoms with Gasteiger partial charge in [-0.2, -0.15) is 4.98 Å². The Morgan fingerprint density at radius 1 is 1.22 bits per heavy atom. The predicted molar refractivity (Wildman–Crippen MR) is 119 cm³/mol. The first kappa shape index (κ1) is 20.4. The highest BCUT2D eigenvalue weighted by Crippen LogP contribution is 2.42. The molecule has 0 aliphatic heterocycles. The molecule has 0 unspecified atom stereocenters. The summed E-state index contributed by atoms with van der Waals surface area (Å²) in [7, 11) is 0. The maximum Gasteiger partial charge on any atom is 0.273 e. The second kappa shape index (κ2) is 8.55. The summed E-state index contributed by atoms with van der Waals surface area (Å²) in [5.74, 6) is 0.958. The molecule has 0 spiro atoms. The van der Waals surface area contributed by atoms with Crippen LogP contribution in [0.25, 0.3) is 17.1 Å². The van der Waals surface area contributed by atoms with Crippen LogP contribution in [-0.4, -0.2) is 37.6 Å². The molecular formula is C23H21ClN6O2. The van der Waals surface area contributed by atoms with Crippen LogP contribution in [0.2, 0.25) is 5.02 Å². The van der Waals surface area contributed by atoms with Crippen molar-refractivity contribution in [2.45, 2.75) is 32.1 Å².